The second kappa shape index (κ2) is 3.91. The van der Waals surface area contributed by atoms with Crippen molar-refractivity contribution < 1.29 is 14.3 Å². The summed E-state index contributed by atoms with van der Waals surface area (Å²) in [4.78, 5) is 11.4. The number of rotatable bonds is 1. The highest BCUT2D eigenvalue weighted by molar-refractivity contribution is 5.78. The predicted molar refractivity (Wildman–Crippen MR) is 62.7 cm³/mol. The summed E-state index contributed by atoms with van der Waals surface area (Å²) in [7, 11) is 0. The minimum absolute atomic E-state index is 0.0858. The van der Waals surface area contributed by atoms with Gasteiger partial charge in [-0.2, -0.15) is 0 Å². The molecule has 0 fully saturated rings. The molecule has 1 unspecified atom stereocenters. The molecule has 1 aliphatic carbocycles. The zero-order valence-corrected chi connectivity index (χ0v) is 9.73. The van der Waals surface area contributed by atoms with Crippen molar-refractivity contribution in [1.82, 2.24) is 0 Å². The lowest BCUT2D eigenvalue weighted by molar-refractivity contribution is -0.121. The van der Waals surface area contributed by atoms with Crippen LogP contribution in [0, 0.1) is 5.92 Å². The monoisotopic (exact) mass is 230 g/mol. The summed E-state index contributed by atoms with van der Waals surface area (Å²) in [5, 5.41) is 0. The second-order valence-electron chi connectivity index (χ2n) is 4.55. The van der Waals surface area contributed by atoms with E-state index < -0.39 is 0 Å². The molecule has 3 nitrogen and oxygen atoms in total. The number of ketones is 1. The van der Waals surface area contributed by atoms with Gasteiger partial charge in [0.1, 0.15) is 17.3 Å². The molecule has 0 radical (unpaired) electrons. The van der Waals surface area contributed by atoms with E-state index in [-0.39, 0.29) is 11.7 Å². The van der Waals surface area contributed by atoms with Crippen LogP contribution in [0.2, 0.25) is 0 Å². The summed E-state index contributed by atoms with van der Waals surface area (Å²) < 4.78 is 11.6. The molecular formula is C14H14O3. The average molecular weight is 230 g/mol. The Morgan fingerprint density at radius 2 is 1.82 bits per heavy atom. The Morgan fingerprint density at radius 1 is 1.18 bits per heavy atom. The number of fused-ring (bicyclic) bond motifs is 1. The van der Waals surface area contributed by atoms with Gasteiger partial charge in [-0.3, -0.25) is 4.79 Å². The van der Waals surface area contributed by atoms with Crippen molar-refractivity contribution in [3.63, 3.8) is 0 Å². The molecule has 0 spiro atoms. The van der Waals surface area contributed by atoms with Crippen molar-refractivity contribution in [3.8, 4) is 11.5 Å². The number of allylic oxidation sites excluding steroid dienone is 2. The molecule has 3 rings (SSSR count). The van der Waals surface area contributed by atoms with Gasteiger partial charge in [-0.15, -0.1) is 0 Å². The van der Waals surface area contributed by atoms with Gasteiger partial charge in [-0.1, -0.05) is 12.1 Å². The summed E-state index contributed by atoms with van der Waals surface area (Å²) in [5.41, 5.74) is 0. The number of ether oxygens (including phenoxy) is 2. The van der Waals surface area contributed by atoms with Crippen LogP contribution in [0.4, 0.5) is 0 Å². The third kappa shape index (κ3) is 1.82. The number of carbonyl (C=O) groups excluding carboxylic acids is 1. The largest absolute Gasteiger partial charge is 0.454 e. The van der Waals surface area contributed by atoms with E-state index in [0.717, 1.165) is 35.9 Å². The Hall–Kier alpha value is -1.77. The summed E-state index contributed by atoms with van der Waals surface area (Å²) in [5.74, 6) is 3.56. The Labute approximate surface area is 100 Å². The maximum Gasteiger partial charge on any atom is 0.169 e. The summed E-state index contributed by atoms with van der Waals surface area (Å²) in [6.45, 7) is 1.65. The zero-order chi connectivity index (χ0) is 11.8. The third-order valence-electron chi connectivity index (χ3n) is 3.35. The van der Waals surface area contributed by atoms with E-state index in [1.807, 2.05) is 24.3 Å². The third-order valence-corrected chi connectivity index (χ3v) is 3.35. The fourth-order valence-corrected chi connectivity index (χ4v) is 2.32. The molecule has 0 N–H and O–H groups in total. The number of benzene rings is 1. The van der Waals surface area contributed by atoms with Crippen LogP contribution in [0.25, 0.3) is 0 Å². The molecule has 17 heavy (non-hydrogen) atoms. The van der Waals surface area contributed by atoms with Gasteiger partial charge in [0.25, 0.3) is 0 Å². The molecular weight excluding hydrogens is 216 g/mol. The van der Waals surface area contributed by atoms with Crippen LogP contribution in [0.1, 0.15) is 26.2 Å². The predicted octanol–water partition coefficient (Wildman–Crippen LogP) is 3.06. The van der Waals surface area contributed by atoms with Gasteiger partial charge >= 0.3 is 0 Å². The topological polar surface area (TPSA) is 35.5 Å². The van der Waals surface area contributed by atoms with E-state index in [9.17, 15) is 4.79 Å². The fraction of sp³-hybridized carbons (Fsp3) is 0.357. The molecule has 1 aromatic carbocycles. The maximum absolute atomic E-state index is 11.4. The number of Topliss-reactive ketones (excluding diaryl/α,β-unsaturated/α-hetero) is 1. The quantitative estimate of drug-likeness (QED) is 0.743. The van der Waals surface area contributed by atoms with E-state index in [4.69, 9.17) is 9.47 Å². The number of para-hydroxylation sites is 2. The highest BCUT2D eigenvalue weighted by atomic mass is 16.6. The smallest absolute Gasteiger partial charge is 0.169 e. The average Bonchev–Trinajstić information content (AvgIpc) is 2.35. The Balaban J connectivity index is 1.88. The number of hydrogen-bond donors (Lipinski definition) is 0. The lowest BCUT2D eigenvalue weighted by atomic mass is 9.89. The Bertz CT molecular complexity index is 502. The van der Waals surface area contributed by atoms with Gasteiger partial charge < -0.3 is 9.47 Å². The van der Waals surface area contributed by atoms with E-state index >= 15 is 0 Å². The van der Waals surface area contributed by atoms with Gasteiger partial charge in [0.05, 0.1) is 0 Å². The summed E-state index contributed by atoms with van der Waals surface area (Å²) in [6, 6.07) is 7.63. The van der Waals surface area contributed by atoms with Gasteiger partial charge in [0, 0.05) is 18.8 Å². The molecule has 0 saturated heterocycles. The van der Waals surface area contributed by atoms with Crippen molar-refractivity contribution in [3.05, 3.63) is 35.8 Å². The summed E-state index contributed by atoms with van der Waals surface area (Å²) in [6.07, 6.45) is 2.31. The molecule has 1 heterocycles. The minimum atomic E-state index is 0.0858. The van der Waals surface area contributed by atoms with E-state index in [2.05, 4.69) is 0 Å². The van der Waals surface area contributed by atoms with Crippen molar-refractivity contribution in [1.29, 1.82) is 0 Å². The standard InChI is InChI=1S/C14H14O3/c1-9(15)10-6-7-13-14(8-10)17-12-5-3-2-4-11(12)16-13/h2-5,10H,6-8H2,1H3. The highest BCUT2D eigenvalue weighted by Gasteiger charge is 2.30. The minimum Gasteiger partial charge on any atom is -0.454 e. The second-order valence-corrected chi connectivity index (χ2v) is 4.55. The van der Waals surface area contributed by atoms with Crippen LogP contribution in [-0.4, -0.2) is 5.78 Å². The van der Waals surface area contributed by atoms with Gasteiger partial charge in [-0.05, 0) is 25.5 Å². The zero-order valence-electron chi connectivity index (χ0n) is 9.73. The van der Waals surface area contributed by atoms with Gasteiger partial charge in [0.2, 0.25) is 0 Å². The lowest BCUT2D eigenvalue weighted by Gasteiger charge is -2.29. The maximum atomic E-state index is 11.4. The van der Waals surface area contributed by atoms with Crippen molar-refractivity contribution >= 4 is 5.78 Å². The molecule has 88 valence electrons. The highest BCUT2D eigenvalue weighted by Crippen LogP contribution is 2.41. The SMILES string of the molecule is CC(=O)C1CCC2=C(C1)Oc1ccccc1O2. The Kier molecular flexibility index (Phi) is 2.39. The first-order valence-electron chi connectivity index (χ1n) is 5.91. The molecule has 0 aromatic heterocycles. The molecule has 1 aliphatic heterocycles. The van der Waals surface area contributed by atoms with Crippen LogP contribution in [0.15, 0.2) is 35.8 Å². The van der Waals surface area contributed by atoms with E-state index in [1.54, 1.807) is 6.92 Å². The van der Waals surface area contributed by atoms with Crippen LogP contribution in [0.3, 0.4) is 0 Å². The number of hydrogen-bond acceptors (Lipinski definition) is 3. The van der Waals surface area contributed by atoms with Crippen LogP contribution in [0.5, 0.6) is 11.5 Å². The molecule has 0 amide bonds. The first kappa shape index (κ1) is 10.4. The van der Waals surface area contributed by atoms with Gasteiger partial charge in [0.15, 0.2) is 11.5 Å². The Morgan fingerprint density at radius 3 is 2.47 bits per heavy atom. The fourth-order valence-electron chi connectivity index (χ4n) is 2.32. The normalized spacial score (nSPS) is 22.1. The van der Waals surface area contributed by atoms with Gasteiger partial charge in [-0.25, -0.2) is 0 Å². The van der Waals surface area contributed by atoms with Crippen LogP contribution < -0.4 is 9.47 Å². The first-order valence-corrected chi connectivity index (χ1v) is 5.91. The van der Waals surface area contributed by atoms with E-state index in [0.29, 0.717) is 6.42 Å². The molecule has 2 aliphatic rings. The van der Waals surface area contributed by atoms with E-state index in [1.165, 1.54) is 0 Å². The first-order chi connectivity index (χ1) is 8.24. The molecule has 3 heteroatoms. The number of carbonyl (C=O) groups is 1. The molecule has 1 aromatic rings. The van der Waals surface area contributed by atoms with Crippen LogP contribution >= 0.6 is 0 Å². The van der Waals surface area contributed by atoms with Crippen LogP contribution in [-0.2, 0) is 4.79 Å². The molecule has 1 atom stereocenters. The summed E-state index contributed by atoms with van der Waals surface area (Å²) >= 11 is 0. The lowest BCUT2D eigenvalue weighted by Crippen LogP contribution is -2.23. The van der Waals surface area contributed by atoms with Crippen molar-refractivity contribution in [2.45, 2.75) is 26.2 Å². The molecule has 0 bridgehead atoms. The van der Waals surface area contributed by atoms with Crippen molar-refractivity contribution in [2.75, 3.05) is 0 Å². The van der Waals surface area contributed by atoms with Crippen molar-refractivity contribution in [2.24, 2.45) is 5.92 Å². The molecule has 0 saturated carbocycles.